The molecule has 1 aromatic rings. The number of piperazine rings is 1. The van der Waals surface area contributed by atoms with E-state index in [1.165, 1.54) is 49.9 Å². The van der Waals surface area contributed by atoms with Crippen LogP contribution in [-0.4, -0.2) is 48.4 Å². The summed E-state index contributed by atoms with van der Waals surface area (Å²) in [4.78, 5) is 17.5. The van der Waals surface area contributed by atoms with Gasteiger partial charge in [0.2, 0.25) is 0 Å². The number of hydrogen-bond donors (Lipinski definition) is 0. The second kappa shape index (κ2) is 9.87. The van der Waals surface area contributed by atoms with E-state index in [2.05, 4.69) is 11.8 Å². The molecule has 130 valence electrons. The van der Waals surface area contributed by atoms with E-state index in [0.29, 0.717) is 14.2 Å². The van der Waals surface area contributed by atoms with Gasteiger partial charge in [0.25, 0.3) is 5.91 Å². The maximum atomic E-state index is 12.4. The van der Waals surface area contributed by atoms with Crippen LogP contribution in [0.25, 0.3) is 0 Å². The lowest BCUT2D eigenvalue weighted by atomic mass is 10.1. The highest BCUT2D eigenvalue weighted by atomic mass is 35.5. The third kappa shape index (κ3) is 5.93. The van der Waals surface area contributed by atoms with Gasteiger partial charge >= 0.3 is 0 Å². The fourth-order valence-electron chi connectivity index (χ4n) is 2.90. The predicted molar refractivity (Wildman–Crippen MR) is 100 cm³/mol. The fourth-order valence-corrected chi connectivity index (χ4v) is 4.23. The highest BCUT2D eigenvalue weighted by Gasteiger charge is 2.23. The molecule has 0 aliphatic carbocycles. The van der Waals surface area contributed by atoms with E-state index in [1.54, 1.807) is 6.07 Å². The average Bonchev–Trinajstić information content (AvgIpc) is 2.90. The van der Waals surface area contributed by atoms with Crippen molar-refractivity contribution in [1.29, 1.82) is 0 Å². The number of thiophene rings is 1. The third-order valence-corrected chi connectivity index (χ3v) is 6.20. The first-order valence-electron chi connectivity index (χ1n) is 8.58. The maximum Gasteiger partial charge on any atom is 0.264 e. The molecule has 1 aromatic heterocycles. The van der Waals surface area contributed by atoms with Crippen LogP contribution in [0.2, 0.25) is 9.36 Å². The lowest BCUT2D eigenvalue weighted by molar-refractivity contribution is 0.0640. The number of unbranched alkanes of at least 4 members (excludes halogenated alkanes) is 5. The Morgan fingerprint density at radius 1 is 1.09 bits per heavy atom. The predicted octanol–water partition coefficient (Wildman–Crippen LogP) is 5.17. The van der Waals surface area contributed by atoms with Crippen LogP contribution in [0.15, 0.2) is 6.07 Å². The van der Waals surface area contributed by atoms with Crippen LogP contribution in [0, 0.1) is 0 Å². The first-order chi connectivity index (χ1) is 11.1. The molecule has 1 fully saturated rings. The molecule has 0 spiro atoms. The summed E-state index contributed by atoms with van der Waals surface area (Å²) in [5.74, 6) is 0.0583. The molecule has 2 rings (SSSR count). The van der Waals surface area contributed by atoms with Gasteiger partial charge in [0.15, 0.2) is 0 Å². The van der Waals surface area contributed by atoms with Crippen LogP contribution in [0.1, 0.15) is 55.1 Å². The van der Waals surface area contributed by atoms with E-state index in [9.17, 15) is 4.79 Å². The molecule has 0 saturated carbocycles. The van der Waals surface area contributed by atoms with Gasteiger partial charge < -0.3 is 4.90 Å². The Kier molecular flexibility index (Phi) is 8.17. The van der Waals surface area contributed by atoms with Gasteiger partial charge in [0, 0.05) is 26.2 Å². The Hall–Kier alpha value is -0.290. The zero-order valence-electron chi connectivity index (χ0n) is 13.8. The van der Waals surface area contributed by atoms with E-state index in [0.717, 1.165) is 32.7 Å². The third-order valence-electron chi connectivity index (χ3n) is 4.34. The first kappa shape index (κ1) is 19.0. The number of amides is 1. The van der Waals surface area contributed by atoms with Crippen molar-refractivity contribution in [2.75, 3.05) is 32.7 Å². The van der Waals surface area contributed by atoms with Crippen molar-refractivity contribution < 1.29 is 4.79 Å². The summed E-state index contributed by atoms with van der Waals surface area (Å²) < 4.78 is 0.497. The second-order valence-electron chi connectivity index (χ2n) is 6.13. The van der Waals surface area contributed by atoms with Gasteiger partial charge in [-0.2, -0.15) is 0 Å². The van der Waals surface area contributed by atoms with Gasteiger partial charge in [0.1, 0.15) is 4.34 Å². The molecule has 1 aliphatic rings. The molecule has 0 bridgehead atoms. The van der Waals surface area contributed by atoms with E-state index in [4.69, 9.17) is 23.2 Å². The lowest BCUT2D eigenvalue weighted by Gasteiger charge is -2.34. The summed E-state index contributed by atoms with van der Waals surface area (Å²) in [5.41, 5.74) is 0. The van der Waals surface area contributed by atoms with Crippen LogP contribution >= 0.6 is 34.5 Å². The van der Waals surface area contributed by atoms with Gasteiger partial charge in [-0.15, -0.1) is 11.3 Å². The van der Waals surface area contributed by atoms with Gasteiger partial charge in [-0.25, -0.2) is 0 Å². The smallest absolute Gasteiger partial charge is 0.264 e. The number of halogens is 2. The molecule has 1 amide bonds. The standard InChI is InChI=1S/C17H26Cl2N2OS/c1-2-3-4-5-6-7-8-20-9-11-21(12-10-20)17(22)15-13-14(18)16(19)23-15/h13H,2-12H2,1H3. The molecule has 0 atom stereocenters. The molecular formula is C17H26Cl2N2OS. The van der Waals surface area contributed by atoms with Gasteiger partial charge in [-0.1, -0.05) is 62.2 Å². The van der Waals surface area contributed by atoms with E-state index >= 15 is 0 Å². The Balaban J connectivity index is 1.66. The van der Waals surface area contributed by atoms with Crippen LogP contribution in [-0.2, 0) is 0 Å². The van der Waals surface area contributed by atoms with Crippen molar-refractivity contribution in [3.05, 3.63) is 20.3 Å². The highest BCUT2D eigenvalue weighted by Crippen LogP contribution is 2.32. The molecule has 2 heterocycles. The molecule has 6 heteroatoms. The van der Waals surface area contributed by atoms with Crippen molar-refractivity contribution in [1.82, 2.24) is 9.80 Å². The van der Waals surface area contributed by atoms with E-state index < -0.39 is 0 Å². The Labute approximate surface area is 153 Å². The topological polar surface area (TPSA) is 23.6 Å². The molecule has 0 aromatic carbocycles. The summed E-state index contributed by atoms with van der Waals surface area (Å²) in [6, 6.07) is 1.68. The summed E-state index contributed by atoms with van der Waals surface area (Å²) in [5, 5.41) is 0.474. The van der Waals surface area contributed by atoms with Crippen molar-refractivity contribution in [3.8, 4) is 0 Å². The molecule has 23 heavy (non-hydrogen) atoms. The Morgan fingerprint density at radius 3 is 2.35 bits per heavy atom. The van der Waals surface area contributed by atoms with Gasteiger partial charge in [-0.3, -0.25) is 9.69 Å². The molecule has 0 radical (unpaired) electrons. The number of carbonyl (C=O) groups is 1. The van der Waals surface area contributed by atoms with E-state index in [-0.39, 0.29) is 5.91 Å². The number of carbonyl (C=O) groups excluding carboxylic acids is 1. The zero-order valence-corrected chi connectivity index (χ0v) is 16.2. The Bertz CT molecular complexity index is 479. The lowest BCUT2D eigenvalue weighted by Crippen LogP contribution is -2.48. The normalized spacial score (nSPS) is 16.0. The molecule has 1 aliphatic heterocycles. The molecule has 0 unspecified atom stereocenters. The minimum atomic E-state index is 0.0583. The number of rotatable bonds is 8. The quantitative estimate of drug-likeness (QED) is 0.584. The summed E-state index contributed by atoms with van der Waals surface area (Å²) >= 11 is 13.2. The molecule has 0 N–H and O–H groups in total. The Morgan fingerprint density at radius 2 is 1.74 bits per heavy atom. The molecule has 1 saturated heterocycles. The highest BCUT2D eigenvalue weighted by molar-refractivity contribution is 7.18. The average molecular weight is 377 g/mol. The van der Waals surface area contributed by atoms with Crippen LogP contribution in [0.3, 0.4) is 0 Å². The van der Waals surface area contributed by atoms with Crippen molar-refractivity contribution in [3.63, 3.8) is 0 Å². The van der Waals surface area contributed by atoms with Crippen molar-refractivity contribution in [2.45, 2.75) is 45.4 Å². The van der Waals surface area contributed by atoms with Crippen molar-refractivity contribution in [2.24, 2.45) is 0 Å². The summed E-state index contributed by atoms with van der Waals surface area (Å²) in [6.07, 6.45) is 7.98. The fraction of sp³-hybridized carbons (Fsp3) is 0.706. The largest absolute Gasteiger partial charge is 0.335 e. The summed E-state index contributed by atoms with van der Waals surface area (Å²) in [6.45, 7) is 6.92. The second-order valence-corrected chi connectivity index (χ2v) is 8.20. The van der Waals surface area contributed by atoms with Crippen LogP contribution in [0.4, 0.5) is 0 Å². The van der Waals surface area contributed by atoms with Crippen molar-refractivity contribution >= 4 is 40.4 Å². The molecule has 3 nitrogen and oxygen atoms in total. The number of hydrogen-bond acceptors (Lipinski definition) is 3. The maximum absolute atomic E-state index is 12.4. The minimum Gasteiger partial charge on any atom is -0.335 e. The van der Waals surface area contributed by atoms with Gasteiger partial charge in [-0.05, 0) is 19.0 Å². The van der Waals surface area contributed by atoms with Crippen LogP contribution in [0.5, 0.6) is 0 Å². The SMILES string of the molecule is CCCCCCCCN1CCN(C(=O)c2cc(Cl)c(Cl)s2)CC1. The molecular weight excluding hydrogens is 351 g/mol. The van der Waals surface area contributed by atoms with Gasteiger partial charge in [0.05, 0.1) is 9.90 Å². The first-order valence-corrected chi connectivity index (χ1v) is 10.2. The minimum absolute atomic E-state index is 0.0583. The van der Waals surface area contributed by atoms with Crippen LogP contribution < -0.4 is 0 Å². The summed E-state index contributed by atoms with van der Waals surface area (Å²) in [7, 11) is 0. The zero-order chi connectivity index (χ0) is 16.7. The monoisotopic (exact) mass is 376 g/mol. The number of nitrogens with zero attached hydrogens (tertiary/aromatic N) is 2. The van der Waals surface area contributed by atoms with E-state index in [1.807, 2.05) is 4.90 Å².